The summed E-state index contributed by atoms with van der Waals surface area (Å²) in [5.74, 6) is 0.342. The molecule has 1 N–H and O–H groups in total. The number of hydrogen-bond acceptors (Lipinski definition) is 5. The van der Waals surface area contributed by atoms with Crippen LogP contribution in [0.4, 0.5) is 5.69 Å². The number of hydrogen-bond donors (Lipinski definition) is 1. The van der Waals surface area contributed by atoms with Crippen LogP contribution in [0.15, 0.2) is 24.3 Å². The van der Waals surface area contributed by atoms with E-state index in [1.165, 1.54) is 0 Å². The van der Waals surface area contributed by atoms with Crippen molar-refractivity contribution in [3.63, 3.8) is 0 Å². The van der Waals surface area contributed by atoms with Gasteiger partial charge >= 0.3 is 0 Å². The Morgan fingerprint density at radius 1 is 1.14 bits per heavy atom. The van der Waals surface area contributed by atoms with Gasteiger partial charge in [-0.1, -0.05) is 19.1 Å². The van der Waals surface area contributed by atoms with Crippen LogP contribution in [0.3, 0.4) is 0 Å². The van der Waals surface area contributed by atoms with Gasteiger partial charge in [-0.3, -0.25) is 9.59 Å². The van der Waals surface area contributed by atoms with Crippen LogP contribution in [0.2, 0.25) is 0 Å². The Morgan fingerprint density at radius 3 is 2.59 bits per heavy atom. The van der Waals surface area contributed by atoms with Gasteiger partial charge in [0, 0.05) is 45.7 Å². The second kappa shape index (κ2) is 10.6. The van der Waals surface area contributed by atoms with Gasteiger partial charge in [0.1, 0.15) is 5.75 Å². The first-order chi connectivity index (χ1) is 14.1. The van der Waals surface area contributed by atoms with Crippen molar-refractivity contribution in [3.8, 4) is 5.75 Å². The van der Waals surface area contributed by atoms with E-state index in [4.69, 9.17) is 4.74 Å². The molecule has 2 saturated heterocycles. The monoisotopic (exact) mass is 402 g/mol. The third kappa shape index (κ3) is 5.70. The van der Waals surface area contributed by atoms with Crippen LogP contribution in [0, 0.1) is 5.92 Å². The average molecular weight is 403 g/mol. The van der Waals surface area contributed by atoms with Gasteiger partial charge in [0.25, 0.3) is 0 Å². The van der Waals surface area contributed by atoms with Gasteiger partial charge < -0.3 is 24.8 Å². The minimum Gasteiger partial charge on any atom is -0.492 e. The lowest BCUT2D eigenvalue weighted by atomic mass is 10.1. The zero-order chi connectivity index (χ0) is 20.6. The van der Waals surface area contributed by atoms with E-state index in [1.807, 2.05) is 31.2 Å². The number of likely N-dealkylation sites (N-methyl/N-ethyl adjacent to an activating group) is 1. The van der Waals surface area contributed by atoms with Crippen molar-refractivity contribution >= 4 is 17.5 Å². The van der Waals surface area contributed by atoms with Gasteiger partial charge in [0.05, 0.1) is 18.2 Å². The van der Waals surface area contributed by atoms with Crippen LogP contribution < -0.4 is 15.0 Å². The third-order valence-corrected chi connectivity index (χ3v) is 5.81. The van der Waals surface area contributed by atoms with E-state index in [1.54, 1.807) is 4.90 Å². The minimum absolute atomic E-state index is 0.0221. The van der Waals surface area contributed by atoms with Gasteiger partial charge in [0.15, 0.2) is 0 Å². The fourth-order valence-electron chi connectivity index (χ4n) is 4.06. The second-order valence-corrected chi connectivity index (χ2v) is 7.73. The lowest BCUT2D eigenvalue weighted by Crippen LogP contribution is -2.46. The lowest BCUT2D eigenvalue weighted by molar-refractivity contribution is -0.126. The maximum atomic E-state index is 12.6. The first-order valence-corrected chi connectivity index (χ1v) is 10.9. The molecule has 2 fully saturated rings. The minimum atomic E-state index is -0.301. The van der Waals surface area contributed by atoms with Crippen molar-refractivity contribution < 1.29 is 14.3 Å². The highest BCUT2D eigenvalue weighted by Crippen LogP contribution is 2.33. The van der Waals surface area contributed by atoms with Gasteiger partial charge in [0.2, 0.25) is 11.8 Å². The summed E-state index contributed by atoms with van der Waals surface area (Å²) >= 11 is 0. The van der Waals surface area contributed by atoms with E-state index in [0.717, 1.165) is 51.4 Å². The molecule has 1 aromatic rings. The van der Waals surface area contributed by atoms with Crippen LogP contribution in [0.5, 0.6) is 5.75 Å². The number of piperazine rings is 1. The molecular formula is C22H34N4O3. The quantitative estimate of drug-likeness (QED) is 0.636. The molecule has 7 heteroatoms. The molecule has 7 nitrogen and oxygen atoms in total. The molecule has 0 saturated carbocycles. The van der Waals surface area contributed by atoms with Crippen molar-refractivity contribution in [1.82, 2.24) is 15.1 Å². The molecule has 3 rings (SSSR count). The van der Waals surface area contributed by atoms with Crippen molar-refractivity contribution in [3.05, 3.63) is 24.3 Å². The molecule has 0 spiro atoms. The molecule has 29 heavy (non-hydrogen) atoms. The number of benzene rings is 1. The third-order valence-electron chi connectivity index (χ3n) is 5.81. The number of carbonyl (C=O) groups is 2. The first-order valence-electron chi connectivity index (χ1n) is 10.9. The van der Waals surface area contributed by atoms with Crippen LogP contribution >= 0.6 is 0 Å². The van der Waals surface area contributed by atoms with Gasteiger partial charge in [-0.15, -0.1) is 0 Å². The van der Waals surface area contributed by atoms with E-state index in [0.29, 0.717) is 25.4 Å². The standard InChI is InChI=1S/C22H34N4O3/c1-3-24-12-14-25(15-13-24)11-7-10-23-22(28)18-16-21(27)26(17-18)19-8-5-6-9-20(19)29-4-2/h5-6,8-9,18H,3-4,7,10-17H2,1-2H3,(H,23,28). The zero-order valence-electron chi connectivity index (χ0n) is 17.7. The van der Waals surface area contributed by atoms with E-state index in [2.05, 4.69) is 22.0 Å². The molecule has 0 radical (unpaired) electrons. The molecule has 2 aliphatic rings. The molecule has 0 aliphatic carbocycles. The molecule has 160 valence electrons. The molecule has 0 aromatic heterocycles. The van der Waals surface area contributed by atoms with Crippen LogP contribution in [0.25, 0.3) is 0 Å². The van der Waals surface area contributed by atoms with Gasteiger partial charge in [-0.2, -0.15) is 0 Å². The molecule has 1 aromatic carbocycles. The first kappa shape index (κ1) is 21.6. The zero-order valence-corrected chi connectivity index (χ0v) is 17.7. The summed E-state index contributed by atoms with van der Waals surface area (Å²) in [6.45, 7) is 12.3. The number of amides is 2. The van der Waals surface area contributed by atoms with Gasteiger partial charge in [-0.05, 0) is 38.6 Å². The fourth-order valence-corrected chi connectivity index (χ4v) is 4.06. The normalized spacial score (nSPS) is 20.8. The summed E-state index contributed by atoms with van der Waals surface area (Å²) in [7, 11) is 0. The van der Waals surface area contributed by atoms with Crippen molar-refractivity contribution in [1.29, 1.82) is 0 Å². The number of anilines is 1. The highest BCUT2D eigenvalue weighted by atomic mass is 16.5. The number of para-hydroxylation sites is 2. The molecule has 1 unspecified atom stereocenters. The smallest absolute Gasteiger partial charge is 0.227 e. The van der Waals surface area contributed by atoms with Crippen LogP contribution in [-0.2, 0) is 9.59 Å². The van der Waals surface area contributed by atoms with E-state index in [-0.39, 0.29) is 24.2 Å². The molecule has 1 atom stereocenters. The maximum absolute atomic E-state index is 12.6. The van der Waals surface area contributed by atoms with Gasteiger partial charge in [-0.25, -0.2) is 0 Å². The predicted molar refractivity (Wildman–Crippen MR) is 114 cm³/mol. The summed E-state index contributed by atoms with van der Waals surface area (Å²) < 4.78 is 5.64. The summed E-state index contributed by atoms with van der Waals surface area (Å²) in [4.78, 5) is 31.7. The molecule has 0 bridgehead atoms. The number of ether oxygens (including phenoxy) is 1. The number of carbonyl (C=O) groups excluding carboxylic acids is 2. The highest BCUT2D eigenvalue weighted by Gasteiger charge is 2.36. The number of rotatable bonds is 9. The number of nitrogens with one attached hydrogen (secondary N) is 1. The van der Waals surface area contributed by atoms with Crippen molar-refractivity contribution in [2.24, 2.45) is 5.92 Å². The Kier molecular flexibility index (Phi) is 7.89. The topological polar surface area (TPSA) is 65.1 Å². The molecule has 2 aliphatic heterocycles. The Labute approximate surface area is 174 Å². The molecule has 2 heterocycles. The largest absolute Gasteiger partial charge is 0.492 e. The van der Waals surface area contributed by atoms with Crippen molar-refractivity contribution in [2.45, 2.75) is 26.7 Å². The Hall–Kier alpha value is -2.12. The lowest BCUT2D eigenvalue weighted by Gasteiger charge is -2.34. The summed E-state index contributed by atoms with van der Waals surface area (Å²) in [6.07, 6.45) is 1.20. The second-order valence-electron chi connectivity index (χ2n) is 7.73. The predicted octanol–water partition coefficient (Wildman–Crippen LogP) is 1.58. The molecule has 2 amide bonds. The van der Waals surface area contributed by atoms with E-state index in [9.17, 15) is 9.59 Å². The Bertz CT molecular complexity index is 688. The van der Waals surface area contributed by atoms with Crippen LogP contribution in [0.1, 0.15) is 26.7 Å². The highest BCUT2D eigenvalue weighted by molar-refractivity contribution is 6.01. The van der Waals surface area contributed by atoms with E-state index < -0.39 is 0 Å². The summed E-state index contributed by atoms with van der Waals surface area (Å²) in [5.41, 5.74) is 0.751. The summed E-state index contributed by atoms with van der Waals surface area (Å²) in [5, 5.41) is 3.03. The summed E-state index contributed by atoms with van der Waals surface area (Å²) in [6, 6.07) is 7.52. The SMILES string of the molecule is CCOc1ccccc1N1CC(C(=O)NCCCN2CCN(CC)CC2)CC1=O. The van der Waals surface area contributed by atoms with Crippen molar-refractivity contribution in [2.75, 3.05) is 63.9 Å². The molecular weight excluding hydrogens is 368 g/mol. The Morgan fingerprint density at radius 2 is 1.86 bits per heavy atom. The average Bonchev–Trinajstić information content (AvgIpc) is 3.14. The van der Waals surface area contributed by atoms with Crippen LogP contribution in [-0.4, -0.2) is 80.6 Å². The Balaban J connectivity index is 1.42. The maximum Gasteiger partial charge on any atom is 0.227 e. The number of nitrogens with zero attached hydrogens (tertiary/aromatic N) is 3. The van der Waals surface area contributed by atoms with E-state index >= 15 is 0 Å². The fraction of sp³-hybridized carbons (Fsp3) is 0.636.